The molecular weight excluding hydrogens is 463 g/mol. The summed E-state index contributed by atoms with van der Waals surface area (Å²) in [5, 5.41) is 4.78. The van der Waals surface area contributed by atoms with Gasteiger partial charge in [-0.1, -0.05) is 12.1 Å². The first-order valence-corrected chi connectivity index (χ1v) is 14.0. The van der Waals surface area contributed by atoms with Crippen LogP contribution >= 0.6 is 0 Å². The molecule has 0 bridgehead atoms. The molecule has 2 aromatic rings. The lowest BCUT2D eigenvalue weighted by molar-refractivity contribution is -0.137. The van der Waals surface area contributed by atoms with E-state index in [-0.39, 0.29) is 11.5 Å². The van der Waals surface area contributed by atoms with Crippen LogP contribution in [0.5, 0.6) is 0 Å². The lowest BCUT2D eigenvalue weighted by atomic mass is 9.91. The molecule has 184 valence electrons. The van der Waals surface area contributed by atoms with E-state index in [1.807, 2.05) is 0 Å². The minimum Gasteiger partial charge on any atom is -0.300 e. The average molecular weight is 494 g/mol. The van der Waals surface area contributed by atoms with E-state index in [9.17, 15) is 21.6 Å². The standard InChI is InChI=1S/C25H30F3N3O2S/c1-15(2)31-22(11-21(29-31)16-3-5-17(6-4-16)25(26,27)28)23-19-9-18(10-20(19)23)30-8-7-24(12-30)13-34(32,33)14-24/h3-6,11,15,18-20,23H,7-10,12-14H2,1-2H3/t18-,19+,20-,23-. The summed E-state index contributed by atoms with van der Waals surface area (Å²) in [5.41, 5.74) is 1.99. The zero-order chi connectivity index (χ0) is 24.0. The smallest absolute Gasteiger partial charge is 0.300 e. The second-order valence-corrected chi connectivity index (χ2v) is 13.4. The number of fused-ring (bicyclic) bond motifs is 1. The van der Waals surface area contributed by atoms with Gasteiger partial charge in [0.05, 0.1) is 22.8 Å². The fraction of sp³-hybridized carbons (Fsp3) is 0.640. The molecule has 0 radical (unpaired) electrons. The van der Waals surface area contributed by atoms with Gasteiger partial charge in [-0.05, 0) is 69.7 Å². The van der Waals surface area contributed by atoms with Crippen LogP contribution in [0, 0.1) is 17.3 Å². The number of alkyl halides is 3. The highest BCUT2D eigenvalue weighted by Crippen LogP contribution is 2.64. The van der Waals surface area contributed by atoms with Crippen LogP contribution < -0.4 is 0 Å². The van der Waals surface area contributed by atoms with Crippen molar-refractivity contribution in [1.82, 2.24) is 14.7 Å². The number of rotatable bonds is 4. The van der Waals surface area contributed by atoms with Crippen LogP contribution in [0.25, 0.3) is 11.3 Å². The Morgan fingerprint density at radius 3 is 2.29 bits per heavy atom. The second-order valence-electron chi connectivity index (χ2n) is 11.3. The quantitative estimate of drug-likeness (QED) is 0.616. The highest BCUT2D eigenvalue weighted by atomic mass is 32.2. The van der Waals surface area contributed by atoms with Gasteiger partial charge in [0.2, 0.25) is 0 Å². The van der Waals surface area contributed by atoms with Gasteiger partial charge in [0, 0.05) is 41.2 Å². The molecular formula is C25H30F3N3O2S. The minimum absolute atomic E-state index is 0.0117. The Bertz CT molecular complexity index is 1200. The summed E-state index contributed by atoms with van der Waals surface area (Å²) >= 11 is 0. The lowest BCUT2D eigenvalue weighted by Crippen LogP contribution is -2.50. The molecule has 0 N–H and O–H groups in total. The number of hydrogen-bond acceptors (Lipinski definition) is 4. The van der Waals surface area contributed by atoms with Crippen LogP contribution in [-0.2, 0) is 16.0 Å². The minimum atomic E-state index is -4.34. The Kier molecular flexibility index (Phi) is 4.86. The molecule has 0 amide bonds. The number of likely N-dealkylation sites (tertiary alicyclic amines) is 1. The fourth-order valence-corrected chi connectivity index (χ4v) is 9.25. The highest BCUT2D eigenvalue weighted by Gasteiger charge is 2.60. The predicted molar refractivity (Wildman–Crippen MR) is 123 cm³/mol. The Labute approximate surface area is 198 Å². The van der Waals surface area contributed by atoms with Gasteiger partial charge in [-0.25, -0.2) is 8.42 Å². The molecule has 5 nitrogen and oxygen atoms in total. The molecule has 9 heteroatoms. The first-order chi connectivity index (χ1) is 15.9. The molecule has 6 rings (SSSR count). The summed E-state index contributed by atoms with van der Waals surface area (Å²) in [6.07, 6.45) is -1.07. The number of sulfone groups is 1. The van der Waals surface area contributed by atoms with Crippen LogP contribution in [0.1, 0.15) is 56.3 Å². The zero-order valence-corrected chi connectivity index (χ0v) is 20.2. The molecule has 4 atom stereocenters. The van der Waals surface area contributed by atoms with Crippen molar-refractivity contribution in [2.24, 2.45) is 17.3 Å². The van der Waals surface area contributed by atoms with Crippen molar-refractivity contribution in [3.8, 4) is 11.3 Å². The number of halogens is 3. The summed E-state index contributed by atoms with van der Waals surface area (Å²) in [5.74, 6) is 2.40. The van der Waals surface area contributed by atoms with Gasteiger partial charge >= 0.3 is 6.18 Å². The van der Waals surface area contributed by atoms with Gasteiger partial charge in [-0.3, -0.25) is 9.58 Å². The van der Waals surface area contributed by atoms with Crippen LogP contribution in [0.4, 0.5) is 13.2 Å². The third kappa shape index (κ3) is 3.70. The first kappa shape index (κ1) is 22.6. The van der Waals surface area contributed by atoms with E-state index in [0.717, 1.165) is 50.2 Å². The van der Waals surface area contributed by atoms with Crippen LogP contribution in [0.15, 0.2) is 30.3 Å². The molecule has 2 saturated heterocycles. The number of hydrogen-bond donors (Lipinski definition) is 0. The number of benzene rings is 1. The first-order valence-electron chi connectivity index (χ1n) is 12.2. The zero-order valence-electron chi connectivity index (χ0n) is 19.4. The van der Waals surface area contributed by atoms with Crippen molar-refractivity contribution in [3.63, 3.8) is 0 Å². The normalized spacial score (nSPS) is 31.7. The molecule has 1 aromatic heterocycles. The summed E-state index contributed by atoms with van der Waals surface area (Å²) < 4.78 is 64.3. The summed E-state index contributed by atoms with van der Waals surface area (Å²) in [6.45, 7) is 6.10. The Morgan fingerprint density at radius 1 is 1.09 bits per heavy atom. The van der Waals surface area contributed by atoms with E-state index < -0.39 is 21.6 Å². The van der Waals surface area contributed by atoms with Gasteiger partial charge in [0.1, 0.15) is 0 Å². The number of aromatic nitrogens is 2. The topological polar surface area (TPSA) is 55.2 Å². The van der Waals surface area contributed by atoms with E-state index >= 15 is 0 Å². The third-order valence-corrected chi connectivity index (χ3v) is 10.7. The van der Waals surface area contributed by atoms with Gasteiger partial charge in [0.15, 0.2) is 9.84 Å². The molecule has 34 heavy (non-hydrogen) atoms. The average Bonchev–Trinajstić information content (AvgIpc) is 3.18. The van der Waals surface area contributed by atoms with Crippen LogP contribution in [-0.4, -0.2) is 53.7 Å². The Balaban J connectivity index is 1.15. The van der Waals surface area contributed by atoms with E-state index in [1.54, 1.807) is 0 Å². The van der Waals surface area contributed by atoms with Gasteiger partial charge < -0.3 is 0 Å². The molecule has 4 fully saturated rings. The third-order valence-electron chi connectivity index (χ3n) is 8.56. The molecule has 2 aliphatic heterocycles. The maximum atomic E-state index is 12.9. The maximum absolute atomic E-state index is 12.9. The SMILES string of the molecule is CC(C)n1nc(-c2ccc(C(F)(F)F)cc2)cc1[C@H]1[C@@H]2C[C@H](N3CCC4(C3)CS(=O)(=O)C4)C[C@@H]21. The van der Waals surface area contributed by atoms with Crippen molar-refractivity contribution in [3.05, 3.63) is 41.6 Å². The molecule has 4 aliphatic rings. The monoisotopic (exact) mass is 493 g/mol. The summed E-state index contributed by atoms with van der Waals surface area (Å²) in [6, 6.07) is 8.05. The second kappa shape index (κ2) is 7.32. The van der Waals surface area contributed by atoms with E-state index in [0.29, 0.717) is 40.9 Å². The number of nitrogens with zero attached hydrogens (tertiary/aromatic N) is 3. The van der Waals surface area contributed by atoms with Crippen LogP contribution in [0.3, 0.4) is 0 Å². The summed E-state index contributed by atoms with van der Waals surface area (Å²) in [4.78, 5) is 2.53. The van der Waals surface area contributed by atoms with Crippen molar-refractivity contribution >= 4 is 9.84 Å². The highest BCUT2D eigenvalue weighted by molar-refractivity contribution is 7.92. The van der Waals surface area contributed by atoms with E-state index in [2.05, 4.69) is 29.5 Å². The Morgan fingerprint density at radius 2 is 1.74 bits per heavy atom. The van der Waals surface area contributed by atoms with Crippen molar-refractivity contribution in [2.45, 2.75) is 57.3 Å². The Hall–Kier alpha value is -1.87. The fourth-order valence-electron chi connectivity index (χ4n) is 7.00. The molecule has 1 spiro atoms. The van der Waals surface area contributed by atoms with E-state index in [1.165, 1.54) is 17.8 Å². The maximum Gasteiger partial charge on any atom is 0.416 e. The largest absolute Gasteiger partial charge is 0.416 e. The lowest BCUT2D eigenvalue weighted by Gasteiger charge is -2.38. The van der Waals surface area contributed by atoms with Gasteiger partial charge in [-0.2, -0.15) is 18.3 Å². The summed E-state index contributed by atoms with van der Waals surface area (Å²) in [7, 11) is -2.80. The van der Waals surface area contributed by atoms with Crippen molar-refractivity contribution in [2.75, 3.05) is 24.6 Å². The van der Waals surface area contributed by atoms with Gasteiger partial charge in [0.25, 0.3) is 0 Å². The molecule has 0 unspecified atom stereocenters. The van der Waals surface area contributed by atoms with Crippen molar-refractivity contribution < 1.29 is 21.6 Å². The van der Waals surface area contributed by atoms with Crippen molar-refractivity contribution in [1.29, 1.82) is 0 Å². The predicted octanol–water partition coefficient (Wildman–Crippen LogP) is 4.76. The van der Waals surface area contributed by atoms with E-state index in [4.69, 9.17) is 5.10 Å². The molecule has 2 saturated carbocycles. The molecule has 2 aliphatic carbocycles. The molecule has 3 heterocycles. The van der Waals surface area contributed by atoms with Gasteiger partial charge in [-0.15, -0.1) is 0 Å². The van der Waals surface area contributed by atoms with Crippen LogP contribution in [0.2, 0.25) is 0 Å². The molecule has 1 aromatic carbocycles.